The van der Waals surface area contributed by atoms with Gasteiger partial charge in [0.05, 0.1) is 5.60 Å². The summed E-state index contributed by atoms with van der Waals surface area (Å²) in [5, 5.41) is 8.99. The largest absolute Gasteiger partial charge is 0.479 e. The SMILES string of the molecule is CC(C)(C)CCCC(OOC(C)(C)C)C(=O)O. The number of hydrogen-bond acceptors (Lipinski definition) is 3. The van der Waals surface area contributed by atoms with Gasteiger partial charge in [0.15, 0.2) is 6.10 Å². The molecule has 0 radical (unpaired) electrons. The van der Waals surface area contributed by atoms with Crippen LogP contribution in [0.5, 0.6) is 0 Å². The first-order valence-corrected chi connectivity index (χ1v) is 6.08. The van der Waals surface area contributed by atoms with E-state index in [4.69, 9.17) is 14.9 Å². The minimum atomic E-state index is -0.969. The van der Waals surface area contributed by atoms with Gasteiger partial charge in [0, 0.05) is 0 Å². The van der Waals surface area contributed by atoms with Gasteiger partial charge in [0.2, 0.25) is 0 Å². The predicted molar refractivity (Wildman–Crippen MR) is 66.7 cm³/mol. The zero-order valence-electron chi connectivity index (χ0n) is 11.9. The van der Waals surface area contributed by atoms with Crippen LogP contribution in [0.3, 0.4) is 0 Å². The molecule has 0 aliphatic carbocycles. The van der Waals surface area contributed by atoms with Crippen LogP contribution < -0.4 is 0 Å². The second-order valence-electron chi connectivity index (χ2n) is 6.57. The Morgan fingerprint density at radius 3 is 2.06 bits per heavy atom. The highest BCUT2D eigenvalue weighted by Crippen LogP contribution is 2.23. The molecule has 1 unspecified atom stereocenters. The van der Waals surface area contributed by atoms with E-state index in [-0.39, 0.29) is 5.41 Å². The molecule has 0 aliphatic heterocycles. The van der Waals surface area contributed by atoms with Crippen molar-refractivity contribution in [1.82, 2.24) is 0 Å². The first kappa shape index (κ1) is 16.4. The summed E-state index contributed by atoms with van der Waals surface area (Å²) in [6.07, 6.45) is 1.38. The van der Waals surface area contributed by atoms with E-state index >= 15 is 0 Å². The predicted octanol–water partition coefficient (Wildman–Crippen LogP) is 3.40. The van der Waals surface area contributed by atoms with Crippen LogP contribution in [-0.4, -0.2) is 22.8 Å². The number of carboxylic acids is 1. The molecule has 1 atom stereocenters. The van der Waals surface area contributed by atoms with Gasteiger partial charge >= 0.3 is 5.97 Å². The van der Waals surface area contributed by atoms with E-state index in [1.54, 1.807) is 0 Å². The maximum atomic E-state index is 11.0. The molecule has 0 aromatic carbocycles. The van der Waals surface area contributed by atoms with Gasteiger partial charge in [0.1, 0.15) is 0 Å². The Morgan fingerprint density at radius 1 is 1.18 bits per heavy atom. The molecule has 0 fully saturated rings. The van der Waals surface area contributed by atoms with Gasteiger partial charge in [-0.05, 0) is 45.4 Å². The van der Waals surface area contributed by atoms with Crippen molar-refractivity contribution in [3.63, 3.8) is 0 Å². The van der Waals surface area contributed by atoms with Crippen LogP contribution in [0.1, 0.15) is 60.8 Å². The first-order valence-electron chi connectivity index (χ1n) is 6.08. The molecule has 0 amide bonds. The maximum absolute atomic E-state index is 11.0. The summed E-state index contributed by atoms with van der Waals surface area (Å²) in [6, 6.07) is 0. The van der Waals surface area contributed by atoms with Crippen molar-refractivity contribution in [2.24, 2.45) is 5.41 Å². The molecule has 0 aromatic rings. The normalized spacial score (nSPS) is 14.7. The maximum Gasteiger partial charge on any atom is 0.336 e. The van der Waals surface area contributed by atoms with Gasteiger partial charge in [-0.25, -0.2) is 14.6 Å². The fourth-order valence-electron chi connectivity index (χ4n) is 1.23. The van der Waals surface area contributed by atoms with Gasteiger partial charge in [-0.1, -0.05) is 20.8 Å². The summed E-state index contributed by atoms with van der Waals surface area (Å²) >= 11 is 0. The fourth-order valence-corrected chi connectivity index (χ4v) is 1.23. The molecule has 102 valence electrons. The van der Waals surface area contributed by atoms with Crippen molar-refractivity contribution in [1.29, 1.82) is 0 Å². The number of hydrogen-bond donors (Lipinski definition) is 1. The number of carbonyl (C=O) groups is 1. The Balaban J connectivity index is 4.05. The lowest BCUT2D eigenvalue weighted by molar-refractivity contribution is -0.368. The Kier molecular flexibility index (Phi) is 6.13. The number of rotatable bonds is 6. The summed E-state index contributed by atoms with van der Waals surface area (Å²) in [5.41, 5.74) is -0.272. The summed E-state index contributed by atoms with van der Waals surface area (Å²) in [5.74, 6) is -0.969. The number of aliphatic carboxylic acids is 1. The van der Waals surface area contributed by atoms with E-state index in [9.17, 15) is 4.79 Å². The molecule has 0 spiro atoms. The van der Waals surface area contributed by atoms with Crippen LogP contribution in [0, 0.1) is 5.41 Å². The topological polar surface area (TPSA) is 55.8 Å². The van der Waals surface area contributed by atoms with Crippen molar-refractivity contribution >= 4 is 5.97 Å². The monoisotopic (exact) mass is 246 g/mol. The van der Waals surface area contributed by atoms with Crippen LogP contribution in [-0.2, 0) is 14.6 Å². The average Bonchev–Trinajstić information content (AvgIpc) is 2.06. The smallest absolute Gasteiger partial charge is 0.336 e. The summed E-state index contributed by atoms with van der Waals surface area (Å²) in [7, 11) is 0. The zero-order valence-corrected chi connectivity index (χ0v) is 11.9. The van der Waals surface area contributed by atoms with Crippen molar-refractivity contribution in [2.45, 2.75) is 72.5 Å². The molecule has 17 heavy (non-hydrogen) atoms. The Hall–Kier alpha value is -0.610. The van der Waals surface area contributed by atoms with Crippen LogP contribution >= 0.6 is 0 Å². The van der Waals surface area contributed by atoms with E-state index in [2.05, 4.69) is 20.8 Å². The molecule has 0 heterocycles. The lowest BCUT2D eigenvalue weighted by atomic mass is 9.89. The van der Waals surface area contributed by atoms with E-state index in [1.165, 1.54) is 0 Å². The van der Waals surface area contributed by atoms with Crippen molar-refractivity contribution in [3.05, 3.63) is 0 Å². The van der Waals surface area contributed by atoms with Crippen molar-refractivity contribution < 1.29 is 19.7 Å². The highest BCUT2D eigenvalue weighted by molar-refractivity contribution is 5.72. The second-order valence-corrected chi connectivity index (χ2v) is 6.57. The van der Waals surface area contributed by atoms with Gasteiger partial charge in [0.25, 0.3) is 0 Å². The quantitative estimate of drug-likeness (QED) is 0.576. The molecule has 0 aliphatic rings. The lowest BCUT2D eigenvalue weighted by Crippen LogP contribution is -2.29. The van der Waals surface area contributed by atoms with Crippen LogP contribution in [0.25, 0.3) is 0 Å². The van der Waals surface area contributed by atoms with Crippen molar-refractivity contribution in [3.8, 4) is 0 Å². The average molecular weight is 246 g/mol. The third-order valence-electron chi connectivity index (χ3n) is 2.08. The van der Waals surface area contributed by atoms with Crippen molar-refractivity contribution in [2.75, 3.05) is 0 Å². The Bertz CT molecular complexity index is 235. The molecule has 0 aromatic heterocycles. The van der Waals surface area contributed by atoms with Gasteiger partial charge in [-0.15, -0.1) is 0 Å². The molecule has 0 rings (SSSR count). The van der Waals surface area contributed by atoms with Crippen LogP contribution in [0.15, 0.2) is 0 Å². The fraction of sp³-hybridized carbons (Fsp3) is 0.923. The third-order valence-corrected chi connectivity index (χ3v) is 2.08. The van der Waals surface area contributed by atoms with E-state index in [0.717, 1.165) is 12.8 Å². The molecule has 4 heteroatoms. The Labute approximate surface area is 104 Å². The standard InChI is InChI=1S/C13H26O4/c1-12(2,3)9-7-8-10(11(14)15)16-17-13(4,5)6/h10H,7-9H2,1-6H3,(H,14,15). The highest BCUT2D eigenvalue weighted by atomic mass is 17.2. The molecule has 0 bridgehead atoms. The summed E-state index contributed by atoms with van der Waals surface area (Å²) in [6.45, 7) is 11.9. The van der Waals surface area contributed by atoms with Gasteiger partial charge in [-0.3, -0.25) is 0 Å². The molecular weight excluding hydrogens is 220 g/mol. The molecule has 0 saturated carbocycles. The van der Waals surface area contributed by atoms with E-state index < -0.39 is 17.7 Å². The molecule has 0 saturated heterocycles. The zero-order chi connectivity index (χ0) is 13.7. The molecule has 4 nitrogen and oxygen atoms in total. The second kappa shape index (κ2) is 6.36. The molecular formula is C13H26O4. The van der Waals surface area contributed by atoms with Crippen LogP contribution in [0.4, 0.5) is 0 Å². The minimum absolute atomic E-state index is 0.216. The van der Waals surface area contributed by atoms with E-state index in [0.29, 0.717) is 6.42 Å². The molecule has 1 N–H and O–H groups in total. The van der Waals surface area contributed by atoms with Gasteiger partial charge in [-0.2, -0.15) is 0 Å². The minimum Gasteiger partial charge on any atom is -0.479 e. The Morgan fingerprint density at radius 2 is 1.71 bits per heavy atom. The summed E-state index contributed by atoms with van der Waals surface area (Å²) in [4.78, 5) is 21.0. The van der Waals surface area contributed by atoms with E-state index in [1.807, 2.05) is 20.8 Å². The number of carboxylic acid groups (broad SMARTS) is 1. The first-order chi connectivity index (χ1) is 7.51. The highest BCUT2D eigenvalue weighted by Gasteiger charge is 2.23. The third kappa shape index (κ3) is 10.3. The van der Waals surface area contributed by atoms with Crippen LogP contribution in [0.2, 0.25) is 0 Å². The lowest BCUT2D eigenvalue weighted by Gasteiger charge is -2.22. The summed E-state index contributed by atoms with van der Waals surface area (Å²) < 4.78 is 0. The van der Waals surface area contributed by atoms with Gasteiger partial charge < -0.3 is 5.11 Å².